The van der Waals surface area contributed by atoms with Gasteiger partial charge in [0, 0.05) is 12.8 Å². The molecule has 0 spiro atoms. The van der Waals surface area contributed by atoms with Gasteiger partial charge < -0.3 is 0 Å². The van der Waals surface area contributed by atoms with Gasteiger partial charge in [-0.15, -0.1) is 0 Å². The van der Waals surface area contributed by atoms with E-state index in [0.29, 0.717) is 24.3 Å². The lowest BCUT2D eigenvalue weighted by molar-refractivity contribution is -0.127. The van der Waals surface area contributed by atoms with Gasteiger partial charge in [0.25, 0.3) is 0 Å². The molecule has 1 saturated carbocycles. The average Bonchev–Trinajstić information content (AvgIpc) is 2.09. The first-order valence-electron chi connectivity index (χ1n) is 5.64. The van der Waals surface area contributed by atoms with E-state index in [1.54, 1.807) is 0 Å². The lowest BCUT2D eigenvalue weighted by Gasteiger charge is -2.28. The molecule has 0 aromatic rings. The van der Waals surface area contributed by atoms with E-state index in [9.17, 15) is 9.59 Å². The summed E-state index contributed by atoms with van der Waals surface area (Å²) in [6.07, 6.45) is 3.81. The monoisotopic (exact) mass is 208 g/mol. The molecule has 0 N–H and O–H groups in total. The maximum atomic E-state index is 11.8. The molecule has 84 valence electrons. The molecule has 0 aromatic carbocycles. The summed E-state index contributed by atoms with van der Waals surface area (Å²) in [4.78, 5) is 23.6. The van der Waals surface area contributed by atoms with Crippen LogP contribution in [0.1, 0.15) is 47.0 Å². The first kappa shape index (κ1) is 12.2. The van der Waals surface area contributed by atoms with Crippen molar-refractivity contribution in [2.75, 3.05) is 0 Å². The smallest absolute Gasteiger partial charge is 0.166 e. The fourth-order valence-electron chi connectivity index (χ4n) is 1.87. The molecule has 1 rings (SSSR count). The van der Waals surface area contributed by atoms with Gasteiger partial charge in [-0.3, -0.25) is 9.59 Å². The van der Waals surface area contributed by atoms with Crippen molar-refractivity contribution < 1.29 is 9.59 Å². The number of hydrogen-bond acceptors (Lipinski definition) is 2. The minimum absolute atomic E-state index is 0.0246. The molecule has 1 atom stereocenters. The Morgan fingerprint density at radius 2 is 1.73 bits per heavy atom. The maximum absolute atomic E-state index is 11.8. The average molecular weight is 208 g/mol. The van der Waals surface area contributed by atoms with Crippen LogP contribution >= 0.6 is 0 Å². The normalized spacial score (nSPS) is 22.8. The molecule has 1 aliphatic rings. The molecule has 0 saturated heterocycles. The fraction of sp³-hybridized carbons (Fsp3) is 0.692. The number of hydrogen-bond donors (Lipinski definition) is 0. The predicted octanol–water partition coefficient (Wildman–Crippen LogP) is 2.92. The number of Topliss-reactive ketones (excluding diaryl/α,β-unsaturated/α-hetero) is 2. The molecule has 0 radical (unpaired) electrons. The summed E-state index contributed by atoms with van der Waals surface area (Å²) in [7, 11) is 0. The van der Waals surface area contributed by atoms with Crippen molar-refractivity contribution in [2.45, 2.75) is 47.0 Å². The zero-order chi connectivity index (χ0) is 11.6. The van der Waals surface area contributed by atoms with Crippen molar-refractivity contribution in [2.24, 2.45) is 11.3 Å². The van der Waals surface area contributed by atoms with Crippen LogP contribution in [-0.4, -0.2) is 11.6 Å². The van der Waals surface area contributed by atoms with Crippen LogP contribution in [0.5, 0.6) is 0 Å². The molecule has 1 fully saturated rings. The number of allylic oxidation sites excluding steroid dienone is 2. The summed E-state index contributed by atoms with van der Waals surface area (Å²) in [6.45, 7) is 8.04. The number of ketones is 2. The second-order valence-corrected chi connectivity index (χ2v) is 5.33. The van der Waals surface area contributed by atoms with Crippen LogP contribution in [0.4, 0.5) is 0 Å². The van der Waals surface area contributed by atoms with Crippen molar-refractivity contribution >= 4 is 11.6 Å². The minimum Gasteiger partial charge on any atom is -0.294 e. The fourth-order valence-corrected chi connectivity index (χ4v) is 1.87. The summed E-state index contributed by atoms with van der Waals surface area (Å²) in [6, 6.07) is 0. The molecule has 0 unspecified atom stereocenters. The standard InChI is InChI=1S/C13H20O2/c1-5-9(2)6-10-11(14)7-13(3,4)8-12(10)15/h6,9H,5,7-8H2,1-4H3/t9-/m0/s1. The van der Waals surface area contributed by atoms with Crippen molar-refractivity contribution in [1.82, 2.24) is 0 Å². The van der Waals surface area contributed by atoms with Crippen molar-refractivity contribution in [3.8, 4) is 0 Å². The first-order valence-corrected chi connectivity index (χ1v) is 5.64. The first-order chi connectivity index (χ1) is 6.85. The van der Waals surface area contributed by atoms with E-state index in [0.717, 1.165) is 6.42 Å². The molecule has 0 heterocycles. The van der Waals surface area contributed by atoms with E-state index in [1.807, 2.05) is 26.8 Å². The Hall–Kier alpha value is -0.920. The van der Waals surface area contributed by atoms with Crippen LogP contribution in [0.25, 0.3) is 0 Å². The topological polar surface area (TPSA) is 34.1 Å². The highest BCUT2D eigenvalue weighted by molar-refractivity contribution is 6.22. The highest BCUT2D eigenvalue weighted by Crippen LogP contribution is 2.34. The summed E-state index contributed by atoms with van der Waals surface area (Å²) in [5.74, 6) is 0.363. The summed E-state index contributed by atoms with van der Waals surface area (Å²) in [5.41, 5.74) is 0.296. The van der Waals surface area contributed by atoms with E-state index < -0.39 is 0 Å². The van der Waals surface area contributed by atoms with Gasteiger partial charge in [-0.2, -0.15) is 0 Å². The van der Waals surface area contributed by atoms with Crippen LogP contribution in [0, 0.1) is 11.3 Å². The molecule has 1 aliphatic carbocycles. The van der Waals surface area contributed by atoms with Crippen LogP contribution < -0.4 is 0 Å². The number of carbonyl (C=O) groups is 2. The Kier molecular flexibility index (Phi) is 3.48. The Balaban J connectivity index is 2.89. The van der Waals surface area contributed by atoms with Gasteiger partial charge in [-0.25, -0.2) is 0 Å². The SMILES string of the molecule is CC[C@H](C)C=C1C(=O)CC(C)(C)CC1=O. The molecular formula is C13H20O2. The molecular weight excluding hydrogens is 188 g/mol. The van der Waals surface area contributed by atoms with Crippen LogP contribution in [0.15, 0.2) is 11.6 Å². The molecule has 0 aliphatic heterocycles. The second-order valence-electron chi connectivity index (χ2n) is 5.33. The van der Waals surface area contributed by atoms with Gasteiger partial charge >= 0.3 is 0 Å². The third kappa shape index (κ3) is 3.01. The highest BCUT2D eigenvalue weighted by Gasteiger charge is 2.35. The van der Waals surface area contributed by atoms with E-state index in [-0.39, 0.29) is 17.0 Å². The second kappa shape index (κ2) is 4.30. The predicted molar refractivity (Wildman–Crippen MR) is 60.6 cm³/mol. The lowest BCUT2D eigenvalue weighted by Crippen LogP contribution is -2.31. The Morgan fingerprint density at radius 1 is 1.27 bits per heavy atom. The van der Waals surface area contributed by atoms with Crippen LogP contribution in [0.3, 0.4) is 0 Å². The van der Waals surface area contributed by atoms with Crippen molar-refractivity contribution in [3.05, 3.63) is 11.6 Å². The lowest BCUT2D eigenvalue weighted by atomic mass is 9.73. The van der Waals surface area contributed by atoms with Gasteiger partial charge in [0.2, 0.25) is 0 Å². The van der Waals surface area contributed by atoms with Crippen LogP contribution in [0.2, 0.25) is 0 Å². The van der Waals surface area contributed by atoms with Gasteiger partial charge in [0.1, 0.15) is 0 Å². The third-order valence-electron chi connectivity index (χ3n) is 2.97. The molecule has 2 nitrogen and oxygen atoms in total. The zero-order valence-electron chi connectivity index (χ0n) is 10.1. The quantitative estimate of drug-likeness (QED) is 0.516. The van der Waals surface area contributed by atoms with Crippen LogP contribution in [-0.2, 0) is 9.59 Å². The highest BCUT2D eigenvalue weighted by atomic mass is 16.1. The van der Waals surface area contributed by atoms with E-state index in [2.05, 4.69) is 6.92 Å². The zero-order valence-corrected chi connectivity index (χ0v) is 10.1. The van der Waals surface area contributed by atoms with Gasteiger partial charge in [0.05, 0.1) is 5.57 Å². The number of rotatable bonds is 2. The number of carbonyl (C=O) groups excluding carboxylic acids is 2. The summed E-state index contributed by atoms with van der Waals surface area (Å²) in [5, 5.41) is 0. The van der Waals surface area contributed by atoms with Gasteiger partial charge in [0.15, 0.2) is 11.6 Å². The molecule has 15 heavy (non-hydrogen) atoms. The van der Waals surface area contributed by atoms with Gasteiger partial charge in [-0.05, 0) is 11.3 Å². The Bertz CT molecular complexity index is 288. The van der Waals surface area contributed by atoms with E-state index in [4.69, 9.17) is 0 Å². The Labute approximate surface area is 91.7 Å². The van der Waals surface area contributed by atoms with Crippen molar-refractivity contribution in [3.63, 3.8) is 0 Å². The molecule has 0 amide bonds. The maximum Gasteiger partial charge on any atom is 0.166 e. The van der Waals surface area contributed by atoms with Gasteiger partial charge in [-0.1, -0.05) is 40.2 Å². The summed E-state index contributed by atoms with van der Waals surface area (Å²) >= 11 is 0. The Morgan fingerprint density at radius 3 is 2.13 bits per heavy atom. The third-order valence-corrected chi connectivity index (χ3v) is 2.97. The van der Waals surface area contributed by atoms with E-state index in [1.165, 1.54) is 0 Å². The largest absolute Gasteiger partial charge is 0.294 e. The summed E-state index contributed by atoms with van der Waals surface area (Å²) < 4.78 is 0. The van der Waals surface area contributed by atoms with Crippen molar-refractivity contribution in [1.29, 1.82) is 0 Å². The molecule has 0 aromatic heterocycles. The molecule has 2 heteroatoms. The minimum atomic E-state index is -0.152. The van der Waals surface area contributed by atoms with E-state index >= 15 is 0 Å². The molecule has 0 bridgehead atoms.